The van der Waals surface area contributed by atoms with Crippen LogP contribution in [-0.4, -0.2) is 6.61 Å². The van der Waals surface area contributed by atoms with Gasteiger partial charge in [-0.3, -0.25) is 0 Å². The van der Waals surface area contributed by atoms with Crippen molar-refractivity contribution in [1.29, 1.82) is 0 Å². The van der Waals surface area contributed by atoms with E-state index in [1.807, 2.05) is 73.7 Å². The van der Waals surface area contributed by atoms with Crippen LogP contribution < -0.4 is 14.8 Å². The van der Waals surface area contributed by atoms with E-state index in [0.717, 1.165) is 21.7 Å². The van der Waals surface area contributed by atoms with Crippen LogP contribution in [-0.2, 0) is 19.7 Å². The highest BCUT2D eigenvalue weighted by atomic mass is 35.5. The van der Waals surface area contributed by atoms with Gasteiger partial charge in [0, 0.05) is 18.1 Å². The second kappa shape index (κ2) is 11.9. The van der Waals surface area contributed by atoms with Gasteiger partial charge in [-0.15, -0.1) is 12.4 Å². The molecule has 1 N–H and O–H groups in total. The summed E-state index contributed by atoms with van der Waals surface area (Å²) < 4.78 is 11.7. The van der Waals surface area contributed by atoms with E-state index >= 15 is 0 Å². The van der Waals surface area contributed by atoms with Crippen LogP contribution in [0.2, 0.25) is 10.0 Å². The molecule has 0 aromatic heterocycles. The molecule has 0 radical (unpaired) electrons. The summed E-state index contributed by atoms with van der Waals surface area (Å²) in [4.78, 5) is 0. The van der Waals surface area contributed by atoms with Gasteiger partial charge in [0.15, 0.2) is 11.5 Å². The third kappa shape index (κ3) is 6.83. The summed E-state index contributed by atoms with van der Waals surface area (Å²) in [6.45, 7) is 4.23. The predicted octanol–water partition coefficient (Wildman–Crippen LogP) is 6.68. The number of nitrogens with one attached hydrogen (secondary N) is 1. The summed E-state index contributed by atoms with van der Waals surface area (Å²) >= 11 is 12.7. The molecule has 3 rings (SSSR count). The normalized spacial score (nSPS) is 10.3. The maximum atomic E-state index is 6.50. The van der Waals surface area contributed by atoms with Gasteiger partial charge >= 0.3 is 0 Å². The smallest absolute Gasteiger partial charge is 0.180 e. The number of hydrogen-bond donors (Lipinski definition) is 1. The monoisotopic (exact) mass is 451 g/mol. The Hall–Kier alpha value is -1.91. The molecule has 0 atom stereocenters. The standard InChI is InChI=1S/C23H23Cl2NO2.ClH/c1-2-27-22-13-18(14-26-15-19-10-6-7-11-20(19)24)12-21(25)23(22)28-16-17-8-4-3-5-9-17;/h3-13,26H,2,14-16H2,1H3;1H. The molecule has 3 aromatic rings. The van der Waals surface area contributed by atoms with Crippen LogP contribution in [0.15, 0.2) is 66.7 Å². The summed E-state index contributed by atoms with van der Waals surface area (Å²) in [6, 6.07) is 21.7. The molecule has 0 bridgehead atoms. The quantitative estimate of drug-likeness (QED) is 0.392. The van der Waals surface area contributed by atoms with Crippen LogP contribution in [0.4, 0.5) is 0 Å². The van der Waals surface area contributed by atoms with Gasteiger partial charge in [-0.1, -0.05) is 71.7 Å². The van der Waals surface area contributed by atoms with E-state index in [4.69, 9.17) is 32.7 Å². The summed E-state index contributed by atoms with van der Waals surface area (Å²) in [7, 11) is 0. The lowest BCUT2D eigenvalue weighted by molar-refractivity contribution is 0.269. The van der Waals surface area contributed by atoms with Crippen LogP contribution in [0.1, 0.15) is 23.6 Å². The Morgan fingerprint density at radius 2 is 1.52 bits per heavy atom. The zero-order valence-electron chi connectivity index (χ0n) is 16.2. The highest BCUT2D eigenvalue weighted by Crippen LogP contribution is 2.37. The third-order valence-electron chi connectivity index (χ3n) is 4.20. The number of halogens is 3. The molecule has 0 saturated carbocycles. The van der Waals surface area contributed by atoms with E-state index < -0.39 is 0 Å². The maximum Gasteiger partial charge on any atom is 0.180 e. The Bertz CT molecular complexity index is 904. The lowest BCUT2D eigenvalue weighted by Gasteiger charge is -2.16. The topological polar surface area (TPSA) is 30.5 Å². The molecule has 154 valence electrons. The van der Waals surface area contributed by atoms with Gasteiger partial charge in [-0.2, -0.15) is 0 Å². The summed E-state index contributed by atoms with van der Waals surface area (Å²) in [6.07, 6.45) is 0. The van der Waals surface area contributed by atoms with Gasteiger partial charge in [-0.25, -0.2) is 0 Å². The molecule has 0 aliphatic heterocycles. The average molecular weight is 453 g/mol. The van der Waals surface area contributed by atoms with E-state index in [-0.39, 0.29) is 12.4 Å². The van der Waals surface area contributed by atoms with Gasteiger partial charge in [0.1, 0.15) is 6.61 Å². The Labute approximate surface area is 188 Å². The number of rotatable bonds is 9. The van der Waals surface area contributed by atoms with Crippen LogP contribution in [0, 0.1) is 0 Å². The lowest BCUT2D eigenvalue weighted by Crippen LogP contribution is -2.13. The minimum Gasteiger partial charge on any atom is -0.490 e. The predicted molar refractivity (Wildman–Crippen MR) is 123 cm³/mol. The minimum absolute atomic E-state index is 0. The zero-order valence-corrected chi connectivity index (χ0v) is 18.5. The van der Waals surface area contributed by atoms with Crippen molar-refractivity contribution in [3.8, 4) is 11.5 Å². The molecule has 3 nitrogen and oxygen atoms in total. The van der Waals surface area contributed by atoms with Gasteiger partial charge in [0.25, 0.3) is 0 Å². The second-order valence-electron chi connectivity index (χ2n) is 6.31. The van der Waals surface area contributed by atoms with Crippen LogP contribution in [0.3, 0.4) is 0 Å². The van der Waals surface area contributed by atoms with Gasteiger partial charge in [-0.05, 0) is 41.8 Å². The summed E-state index contributed by atoms with van der Waals surface area (Å²) in [5.41, 5.74) is 3.15. The van der Waals surface area contributed by atoms with Gasteiger partial charge in [0.2, 0.25) is 0 Å². The Balaban J connectivity index is 0.00000300. The molecule has 6 heteroatoms. The van der Waals surface area contributed by atoms with Crippen molar-refractivity contribution >= 4 is 35.6 Å². The molecular weight excluding hydrogens is 429 g/mol. The highest BCUT2D eigenvalue weighted by molar-refractivity contribution is 6.32. The molecule has 0 unspecified atom stereocenters. The van der Waals surface area contributed by atoms with Crippen molar-refractivity contribution in [2.75, 3.05) is 6.61 Å². The fraction of sp³-hybridized carbons (Fsp3) is 0.217. The minimum atomic E-state index is 0. The molecule has 3 aromatic carbocycles. The highest BCUT2D eigenvalue weighted by Gasteiger charge is 2.13. The number of benzene rings is 3. The summed E-state index contributed by atoms with van der Waals surface area (Å²) in [5.74, 6) is 1.22. The molecule has 0 saturated heterocycles. The van der Waals surface area contributed by atoms with Crippen LogP contribution >= 0.6 is 35.6 Å². The number of ether oxygens (including phenoxy) is 2. The van der Waals surface area contributed by atoms with Crippen molar-refractivity contribution in [2.24, 2.45) is 0 Å². The fourth-order valence-electron chi connectivity index (χ4n) is 2.84. The number of hydrogen-bond acceptors (Lipinski definition) is 3. The molecule has 0 aliphatic carbocycles. The molecule has 29 heavy (non-hydrogen) atoms. The van der Waals surface area contributed by atoms with E-state index in [1.54, 1.807) is 0 Å². The van der Waals surface area contributed by atoms with Gasteiger partial charge < -0.3 is 14.8 Å². The van der Waals surface area contributed by atoms with Crippen LogP contribution in [0.5, 0.6) is 11.5 Å². The average Bonchev–Trinajstić information content (AvgIpc) is 2.70. The fourth-order valence-corrected chi connectivity index (χ4v) is 3.33. The third-order valence-corrected chi connectivity index (χ3v) is 4.85. The zero-order chi connectivity index (χ0) is 19.8. The maximum absolute atomic E-state index is 6.50. The van der Waals surface area contributed by atoms with Crippen molar-refractivity contribution in [2.45, 2.75) is 26.6 Å². The SMILES string of the molecule is CCOc1cc(CNCc2ccccc2Cl)cc(Cl)c1OCc1ccccc1.Cl. The van der Waals surface area contributed by atoms with Crippen molar-refractivity contribution in [3.63, 3.8) is 0 Å². The molecule has 0 heterocycles. The first-order chi connectivity index (χ1) is 13.7. The largest absolute Gasteiger partial charge is 0.490 e. The van der Waals surface area contributed by atoms with E-state index in [0.29, 0.717) is 42.8 Å². The van der Waals surface area contributed by atoms with Crippen molar-refractivity contribution in [3.05, 3.63) is 93.5 Å². The first kappa shape index (κ1) is 23.4. The summed E-state index contributed by atoms with van der Waals surface area (Å²) in [5, 5.41) is 4.69. The first-order valence-electron chi connectivity index (χ1n) is 9.23. The molecule has 0 fully saturated rings. The van der Waals surface area contributed by atoms with Crippen LogP contribution in [0.25, 0.3) is 0 Å². The Kier molecular flexibility index (Phi) is 9.62. The van der Waals surface area contributed by atoms with E-state index in [2.05, 4.69) is 5.32 Å². The Morgan fingerprint density at radius 3 is 2.24 bits per heavy atom. The van der Waals surface area contributed by atoms with E-state index in [1.165, 1.54) is 0 Å². The molecule has 0 aliphatic rings. The van der Waals surface area contributed by atoms with Gasteiger partial charge in [0.05, 0.1) is 11.6 Å². The molecular formula is C23H24Cl3NO2. The van der Waals surface area contributed by atoms with Crippen molar-refractivity contribution < 1.29 is 9.47 Å². The second-order valence-corrected chi connectivity index (χ2v) is 7.12. The van der Waals surface area contributed by atoms with Crippen molar-refractivity contribution in [1.82, 2.24) is 5.32 Å². The molecule has 0 spiro atoms. The first-order valence-corrected chi connectivity index (χ1v) is 9.99. The molecule has 0 amide bonds. The van der Waals surface area contributed by atoms with E-state index in [9.17, 15) is 0 Å². The lowest BCUT2D eigenvalue weighted by atomic mass is 10.1. The Morgan fingerprint density at radius 1 is 0.793 bits per heavy atom.